The second kappa shape index (κ2) is 5.69. The van der Waals surface area contributed by atoms with E-state index in [1.165, 1.54) is 12.8 Å². The van der Waals surface area contributed by atoms with Crippen molar-refractivity contribution in [3.63, 3.8) is 0 Å². The van der Waals surface area contributed by atoms with Crippen molar-refractivity contribution in [3.05, 3.63) is 0 Å². The van der Waals surface area contributed by atoms with Crippen LogP contribution in [-0.4, -0.2) is 17.6 Å². The third-order valence-corrected chi connectivity index (χ3v) is 1.93. The number of hydrogen-bond acceptors (Lipinski definition) is 2. The predicted molar refractivity (Wildman–Crippen MR) is 45.6 cm³/mol. The first-order chi connectivity index (χ1) is 4.76. The molecule has 0 aliphatic rings. The summed E-state index contributed by atoms with van der Waals surface area (Å²) in [4.78, 5) is 0. The molecule has 1 unspecified atom stereocenters. The van der Waals surface area contributed by atoms with Gasteiger partial charge in [0, 0.05) is 12.6 Å². The number of nitrogens with zero attached hydrogens (tertiary/aromatic N) is 1. The van der Waals surface area contributed by atoms with Crippen LogP contribution in [0.25, 0.3) is 0 Å². The van der Waals surface area contributed by atoms with Gasteiger partial charge in [-0.25, -0.2) is 5.01 Å². The van der Waals surface area contributed by atoms with Crippen molar-refractivity contribution in [2.75, 3.05) is 6.54 Å². The van der Waals surface area contributed by atoms with E-state index in [9.17, 15) is 0 Å². The Bertz CT molecular complexity index is 73.7. The molecule has 0 spiro atoms. The molecule has 0 heterocycles. The minimum absolute atomic E-state index is 0.593. The molecule has 10 heavy (non-hydrogen) atoms. The molecule has 62 valence electrons. The zero-order chi connectivity index (χ0) is 7.98. The quantitative estimate of drug-likeness (QED) is 0.470. The fraction of sp³-hybridized carbons (Fsp3) is 1.00. The van der Waals surface area contributed by atoms with Gasteiger partial charge in [-0.3, -0.25) is 5.84 Å². The molecule has 0 saturated carbocycles. The van der Waals surface area contributed by atoms with Gasteiger partial charge in [0.25, 0.3) is 0 Å². The van der Waals surface area contributed by atoms with Gasteiger partial charge in [-0.2, -0.15) is 0 Å². The van der Waals surface area contributed by atoms with Crippen LogP contribution in [0.4, 0.5) is 0 Å². The Hall–Kier alpha value is -0.0800. The highest BCUT2D eigenvalue weighted by Crippen LogP contribution is 2.05. The van der Waals surface area contributed by atoms with Gasteiger partial charge in [-0.1, -0.05) is 27.2 Å². The molecule has 0 aliphatic heterocycles. The molecular formula is C8H20N2. The summed E-state index contributed by atoms with van der Waals surface area (Å²) >= 11 is 0. The van der Waals surface area contributed by atoms with E-state index in [2.05, 4.69) is 20.8 Å². The molecule has 0 aromatic rings. The molecule has 2 heteroatoms. The highest BCUT2D eigenvalue weighted by atomic mass is 15.4. The van der Waals surface area contributed by atoms with E-state index in [-0.39, 0.29) is 0 Å². The van der Waals surface area contributed by atoms with Crippen molar-refractivity contribution in [3.8, 4) is 0 Å². The molecule has 0 amide bonds. The molecule has 0 bridgehead atoms. The van der Waals surface area contributed by atoms with Gasteiger partial charge >= 0.3 is 0 Å². The van der Waals surface area contributed by atoms with Gasteiger partial charge in [-0.15, -0.1) is 0 Å². The Balaban J connectivity index is 3.56. The third kappa shape index (κ3) is 3.18. The fourth-order valence-corrected chi connectivity index (χ4v) is 1.20. The summed E-state index contributed by atoms with van der Waals surface area (Å²) < 4.78 is 0. The second-order valence-corrected chi connectivity index (χ2v) is 2.68. The van der Waals surface area contributed by atoms with Crippen LogP contribution >= 0.6 is 0 Å². The maximum atomic E-state index is 5.75. The molecular weight excluding hydrogens is 124 g/mol. The molecule has 2 nitrogen and oxygen atoms in total. The third-order valence-electron chi connectivity index (χ3n) is 1.93. The van der Waals surface area contributed by atoms with Crippen molar-refractivity contribution in [1.82, 2.24) is 5.01 Å². The van der Waals surface area contributed by atoms with Gasteiger partial charge < -0.3 is 0 Å². The Morgan fingerprint density at radius 1 is 1.30 bits per heavy atom. The molecule has 1 atom stereocenters. The molecule has 0 fully saturated rings. The molecule has 0 aromatic heterocycles. The first-order valence-electron chi connectivity index (χ1n) is 4.27. The summed E-state index contributed by atoms with van der Waals surface area (Å²) in [6, 6.07) is 0.593. The highest BCUT2D eigenvalue weighted by Gasteiger charge is 2.08. The predicted octanol–water partition coefficient (Wildman–Crippen LogP) is 1.76. The van der Waals surface area contributed by atoms with Gasteiger partial charge in [0.2, 0.25) is 0 Å². The SMILES string of the molecule is CCCC(CC)N(N)CC. The lowest BCUT2D eigenvalue weighted by Crippen LogP contribution is -2.40. The molecule has 0 saturated heterocycles. The van der Waals surface area contributed by atoms with E-state index in [1.807, 2.05) is 5.01 Å². The molecule has 0 aliphatic carbocycles. The first kappa shape index (κ1) is 9.92. The van der Waals surface area contributed by atoms with Gasteiger partial charge in [0.05, 0.1) is 0 Å². The van der Waals surface area contributed by atoms with Crippen LogP contribution in [0, 0.1) is 0 Å². The van der Waals surface area contributed by atoms with Crippen LogP contribution < -0.4 is 5.84 Å². The van der Waals surface area contributed by atoms with Crippen LogP contribution in [0.3, 0.4) is 0 Å². The van der Waals surface area contributed by atoms with Gasteiger partial charge in [0.1, 0.15) is 0 Å². The lowest BCUT2D eigenvalue weighted by Gasteiger charge is -2.24. The standard InChI is InChI=1S/C8H20N2/c1-4-7-8(5-2)10(9)6-3/h8H,4-7,9H2,1-3H3. The van der Waals surface area contributed by atoms with Crippen molar-refractivity contribution < 1.29 is 0 Å². The smallest absolute Gasteiger partial charge is 0.0238 e. The Kier molecular flexibility index (Phi) is 5.64. The summed E-state index contributed by atoms with van der Waals surface area (Å²) in [6.45, 7) is 7.44. The zero-order valence-corrected chi connectivity index (χ0v) is 7.43. The van der Waals surface area contributed by atoms with Crippen molar-refractivity contribution in [2.45, 2.75) is 46.1 Å². The second-order valence-electron chi connectivity index (χ2n) is 2.68. The number of rotatable bonds is 5. The lowest BCUT2D eigenvalue weighted by atomic mass is 10.1. The zero-order valence-electron chi connectivity index (χ0n) is 7.43. The van der Waals surface area contributed by atoms with E-state index < -0.39 is 0 Å². The summed E-state index contributed by atoms with van der Waals surface area (Å²) in [5.41, 5.74) is 0. The first-order valence-corrected chi connectivity index (χ1v) is 4.27. The largest absolute Gasteiger partial charge is 0.269 e. The Labute approximate surface area is 64.4 Å². The van der Waals surface area contributed by atoms with Crippen LogP contribution in [-0.2, 0) is 0 Å². The average Bonchev–Trinajstić information content (AvgIpc) is 1.99. The van der Waals surface area contributed by atoms with E-state index >= 15 is 0 Å². The fourth-order valence-electron chi connectivity index (χ4n) is 1.20. The highest BCUT2D eigenvalue weighted by molar-refractivity contribution is 4.62. The normalized spacial score (nSPS) is 14.1. The summed E-state index contributed by atoms with van der Waals surface area (Å²) in [7, 11) is 0. The Morgan fingerprint density at radius 3 is 2.20 bits per heavy atom. The van der Waals surface area contributed by atoms with Gasteiger partial charge in [-0.05, 0) is 12.8 Å². The average molecular weight is 144 g/mol. The number of nitrogens with two attached hydrogens (primary N) is 1. The molecule has 2 N–H and O–H groups in total. The molecule has 0 aromatic carbocycles. The van der Waals surface area contributed by atoms with Crippen LogP contribution in [0.1, 0.15) is 40.0 Å². The number of hydrogen-bond donors (Lipinski definition) is 1. The minimum Gasteiger partial charge on any atom is -0.269 e. The maximum absolute atomic E-state index is 5.75. The Morgan fingerprint density at radius 2 is 1.90 bits per heavy atom. The van der Waals surface area contributed by atoms with Crippen LogP contribution in [0.5, 0.6) is 0 Å². The minimum atomic E-state index is 0.593. The maximum Gasteiger partial charge on any atom is 0.0238 e. The molecule has 0 radical (unpaired) electrons. The van der Waals surface area contributed by atoms with Crippen molar-refractivity contribution in [2.24, 2.45) is 5.84 Å². The van der Waals surface area contributed by atoms with E-state index in [4.69, 9.17) is 5.84 Å². The lowest BCUT2D eigenvalue weighted by molar-refractivity contribution is 0.194. The summed E-state index contributed by atoms with van der Waals surface area (Å²) in [6.07, 6.45) is 3.62. The monoisotopic (exact) mass is 144 g/mol. The molecule has 0 rings (SSSR count). The summed E-state index contributed by atoms with van der Waals surface area (Å²) in [5, 5.41) is 1.93. The van der Waals surface area contributed by atoms with Gasteiger partial charge in [0.15, 0.2) is 0 Å². The van der Waals surface area contributed by atoms with Crippen molar-refractivity contribution in [1.29, 1.82) is 0 Å². The van der Waals surface area contributed by atoms with E-state index in [1.54, 1.807) is 0 Å². The number of hydrazine groups is 1. The topological polar surface area (TPSA) is 29.3 Å². The van der Waals surface area contributed by atoms with E-state index in [0.717, 1.165) is 13.0 Å². The van der Waals surface area contributed by atoms with Crippen LogP contribution in [0.2, 0.25) is 0 Å². The van der Waals surface area contributed by atoms with Crippen LogP contribution in [0.15, 0.2) is 0 Å². The van der Waals surface area contributed by atoms with Crippen molar-refractivity contribution >= 4 is 0 Å². The summed E-state index contributed by atoms with van der Waals surface area (Å²) in [5.74, 6) is 5.75. The van der Waals surface area contributed by atoms with E-state index in [0.29, 0.717) is 6.04 Å².